The van der Waals surface area contributed by atoms with Gasteiger partial charge in [-0.05, 0) is 48.5 Å². The number of nitrogens with one attached hydrogen (secondary N) is 4. The molecule has 14 heteroatoms. The SMILES string of the molecule is CC.CNc1cc2[nH]c(=O)n(-c3ccc(NC(=O)NSN(O)c4ccc(Cl)s4)cc3)c(=O)c2cc1F. The minimum atomic E-state index is -0.697. The number of carbonyl (C=O) groups is 1. The number of aromatic nitrogens is 2. The van der Waals surface area contributed by atoms with Gasteiger partial charge >= 0.3 is 11.7 Å². The van der Waals surface area contributed by atoms with Crippen molar-refractivity contribution in [1.82, 2.24) is 14.3 Å². The zero-order chi connectivity index (χ0) is 26.4. The molecule has 36 heavy (non-hydrogen) atoms. The molecule has 0 fully saturated rings. The van der Waals surface area contributed by atoms with Crippen LogP contribution in [0.3, 0.4) is 0 Å². The Morgan fingerprint density at radius 3 is 2.47 bits per heavy atom. The van der Waals surface area contributed by atoms with Gasteiger partial charge in [0, 0.05) is 12.7 Å². The van der Waals surface area contributed by atoms with Crippen LogP contribution in [0.4, 0.5) is 25.6 Å². The molecule has 0 radical (unpaired) electrons. The molecular formula is C22H22ClFN6O4S2. The number of hydrogen-bond acceptors (Lipinski definition) is 8. The lowest BCUT2D eigenvalue weighted by atomic mass is 10.2. The summed E-state index contributed by atoms with van der Waals surface area (Å²) >= 11 is 7.57. The van der Waals surface area contributed by atoms with Crippen molar-refractivity contribution in [3.05, 3.63) is 79.5 Å². The predicted molar refractivity (Wildman–Crippen MR) is 144 cm³/mol. The van der Waals surface area contributed by atoms with E-state index < -0.39 is 23.1 Å². The number of rotatable bonds is 6. The third kappa shape index (κ3) is 5.99. The molecule has 2 aromatic carbocycles. The minimum absolute atomic E-state index is 0.00953. The van der Waals surface area contributed by atoms with Crippen LogP contribution in [0, 0.1) is 5.82 Å². The summed E-state index contributed by atoms with van der Waals surface area (Å²) in [7, 11) is 1.53. The maximum absolute atomic E-state index is 14.1. The number of H-pyrrole nitrogens is 1. The number of aromatic amines is 1. The first-order chi connectivity index (χ1) is 17.3. The van der Waals surface area contributed by atoms with Gasteiger partial charge in [0.25, 0.3) is 5.56 Å². The van der Waals surface area contributed by atoms with Crippen LogP contribution in [0.25, 0.3) is 16.6 Å². The lowest BCUT2D eigenvalue weighted by Crippen LogP contribution is -2.33. The predicted octanol–water partition coefficient (Wildman–Crippen LogP) is 5.18. The molecule has 0 spiro atoms. The molecule has 0 atom stereocenters. The van der Waals surface area contributed by atoms with E-state index >= 15 is 0 Å². The second kappa shape index (κ2) is 11.9. The molecule has 190 valence electrons. The summed E-state index contributed by atoms with van der Waals surface area (Å²) < 4.78 is 18.6. The lowest BCUT2D eigenvalue weighted by molar-refractivity contribution is 0.256. The number of benzene rings is 2. The third-order valence-electron chi connectivity index (χ3n) is 4.61. The van der Waals surface area contributed by atoms with Gasteiger partial charge in [0.05, 0.1) is 38.7 Å². The normalized spacial score (nSPS) is 10.4. The Morgan fingerprint density at radius 2 is 1.86 bits per heavy atom. The number of amides is 2. The Labute approximate surface area is 217 Å². The Balaban J connectivity index is 0.00000176. The molecule has 2 aromatic heterocycles. The fraction of sp³-hybridized carbons (Fsp3) is 0.136. The second-order valence-electron chi connectivity index (χ2n) is 6.74. The number of nitrogens with zero attached hydrogens (tertiary/aromatic N) is 2. The van der Waals surface area contributed by atoms with E-state index in [1.54, 1.807) is 12.1 Å². The molecule has 0 aliphatic carbocycles. The fourth-order valence-electron chi connectivity index (χ4n) is 3.05. The molecule has 0 saturated carbocycles. The van der Waals surface area contributed by atoms with Crippen LogP contribution >= 0.6 is 35.1 Å². The topological polar surface area (TPSA) is 131 Å². The average Bonchev–Trinajstić information content (AvgIpc) is 3.31. The number of thiophene rings is 1. The zero-order valence-corrected chi connectivity index (χ0v) is 21.6. The van der Waals surface area contributed by atoms with E-state index in [1.165, 1.54) is 37.4 Å². The summed E-state index contributed by atoms with van der Waals surface area (Å²) in [5.74, 6) is -0.627. The molecule has 2 heterocycles. The second-order valence-corrected chi connectivity index (χ2v) is 9.17. The average molecular weight is 553 g/mol. The molecule has 0 saturated heterocycles. The van der Waals surface area contributed by atoms with Gasteiger partial charge in [-0.3, -0.25) is 14.7 Å². The molecule has 0 bridgehead atoms. The third-order valence-corrected chi connectivity index (χ3v) is 6.58. The molecule has 5 N–H and O–H groups in total. The number of halogens is 2. The van der Waals surface area contributed by atoms with Crippen molar-refractivity contribution in [2.45, 2.75) is 13.8 Å². The maximum Gasteiger partial charge on any atom is 0.333 e. The van der Waals surface area contributed by atoms with Crippen LogP contribution in [0.2, 0.25) is 4.34 Å². The van der Waals surface area contributed by atoms with E-state index in [0.29, 0.717) is 27.2 Å². The Bertz CT molecular complexity index is 1490. The maximum atomic E-state index is 14.1. The fourth-order valence-corrected chi connectivity index (χ4v) is 4.50. The van der Waals surface area contributed by atoms with Gasteiger partial charge < -0.3 is 15.6 Å². The highest BCUT2D eigenvalue weighted by molar-refractivity contribution is 7.99. The molecule has 0 unspecified atom stereocenters. The Morgan fingerprint density at radius 1 is 1.17 bits per heavy atom. The van der Waals surface area contributed by atoms with Crippen LogP contribution in [-0.2, 0) is 0 Å². The lowest BCUT2D eigenvalue weighted by Gasteiger charge is -2.13. The summed E-state index contributed by atoms with van der Waals surface area (Å²) in [5, 5.41) is 15.5. The summed E-state index contributed by atoms with van der Waals surface area (Å²) in [6, 6.07) is 10.8. The molecular weight excluding hydrogens is 531 g/mol. The first kappa shape index (κ1) is 27.1. The highest BCUT2D eigenvalue weighted by Gasteiger charge is 2.14. The van der Waals surface area contributed by atoms with E-state index in [1.807, 2.05) is 13.8 Å². The van der Waals surface area contributed by atoms with Crippen LogP contribution < -0.4 is 31.1 Å². The molecule has 2 amide bonds. The quantitative estimate of drug-likeness (QED) is 0.164. The number of fused-ring (bicyclic) bond motifs is 1. The van der Waals surface area contributed by atoms with Gasteiger partial charge in [-0.25, -0.2) is 18.5 Å². The smallest absolute Gasteiger partial charge is 0.333 e. The van der Waals surface area contributed by atoms with Crippen LogP contribution in [0.5, 0.6) is 0 Å². The molecule has 0 aliphatic heterocycles. The first-order valence-electron chi connectivity index (χ1n) is 10.5. The van der Waals surface area contributed by atoms with Crippen molar-refractivity contribution in [2.24, 2.45) is 0 Å². The van der Waals surface area contributed by atoms with Gasteiger partial charge in [-0.2, -0.15) is 4.47 Å². The van der Waals surface area contributed by atoms with Crippen LogP contribution in [0.1, 0.15) is 13.8 Å². The first-order valence-corrected chi connectivity index (χ1v) is 12.5. The largest absolute Gasteiger partial charge is 0.386 e. The van der Waals surface area contributed by atoms with Gasteiger partial charge in [0.1, 0.15) is 10.8 Å². The standard InChI is InChI=1S/C20H16ClFN6O4S2.C2H6/c1-23-15-9-14-12(8-13(15)22)18(29)27(20(31)25-14)11-4-2-10(3-5-11)24-19(30)26-34-28(32)17-7-6-16(21)33-17;1-2/h2-9,23,32H,1H3,(H,25,31)(H2,24,26,30);1-2H3. The van der Waals surface area contributed by atoms with Crippen molar-refractivity contribution in [2.75, 3.05) is 22.1 Å². The highest BCUT2D eigenvalue weighted by atomic mass is 35.5. The molecule has 10 nitrogen and oxygen atoms in total. The van der Waals surface area contributed by atoms with Crippen LogP contribution in [0.15, 0.2) is 58.1 Å². The van der Waals surface area contributed by atoms with Gasteiger partial charge in [-0.1, -0.05) is 25.4 Å². The highest BCUT2D eigenvalue weighted by Crippen LogP contribution is 2.31. The molecule has 4 aromatic rings. The molecule has 0 aliphatic rings. The summed E-state index contributed by atoms with van der Waals surface area (Å²) in [6.45, 7) is 4.00. The number of urea groups is 1. The summed E-state index contributed by atoms with van der Waals surface area (Å²) in [5.41, 5.74) is -0.448. The van der Waals surface area contributed by atoms with Crippen molar-refractivity contribution in [3.8, 4) is 5.69 Å². The van der Waals surface area contributed by atoms with E-state index in [2.05, 4.69) is 20.3 Å². The number of anilines is 3. The van der Waals surface area contributed by atoms with E-state index in [9.17, 15) is 24.0 Å². The van der Waals surface area contributed by atoms with Gasteiger partial charge in [0.15, 0.2) is 0 Å². The zero-order valence-electron chi connectivity index (χ0n) is 19.3. The van der Waals surface area contributed by atoms with Crippen molar-refractivity contribution in [1.29, 1.82) is 0 Å². The van der Waals surface area contributed by atoms with E-state index in [4.69, 9.17) is 11.6 Å². The van der Waals surface area contributed by atoms with Gasteiger partial charge in [-0.15, -0.1) is 11.3 Å². The van der Waals surface area contributed by atoms with E-state index in [0.717, 1.165) is 26.4 Å². The summed E-state index contributed by atoms with van der Waals surface area (Å²) in [4.78, 5) is 40.1. The van der Waals surface area contributed by atoms with Crippen molar-refractivity contribution in [3.63, 3.8) is 0 Å². The number of hydrogen-bond donors (Lipinski definition) is 5. The number of carbonyl (C=O) groups excluding carboxylic acids is 1. The Kier molecular flexibility index (Phi) is 8.98. The monoisotopic (exact) mass is 552 g/mol. The Hall–Kier alpha value is -3.52. The summed E-state index contributed by atoms with van der Waals surface area (Å²) in [6.07, 6.45) is 0. The van der Waals surface area contributed by atoms with Gasteiger partial charge in [0.2, 0.25) is 0 Å². The van der Waals surface area contributed by atoms with E-state index in [-0.39, 0.29) is 22.3 Å². The molecule has 4 rings (SSSR count). The van der Waals surface area contributed by atoms with Crippen molar-refractivity contribution >= 4 is 68.4 Å². The van der Waals surface area contributed by atoms with Crippen molar-refractivity contribution < 1.29 is 14.4 Å². The van der Waals surface area contributed by atoms with Crippen LogP contribution in [-0.4, -0.2) is 27.8 Å². The minimum Gasteiger partial charge on any atom is -0.386 e.